The number of aromatic nitrogens is 1. The van der Waals surface area contributed by atoms with Gasteiger partial charge in [-0.1, -0.05) is 11.6 Å². The maximum atomic E-state index is 13.1. The van der Waals surface area contributed by atoms with Crippen LogP contribution in [0.1, 0.15) is 15.9 Å². The van der Waals surface area contributed by atoms with Crippen molar-refractivity contribution < 1.29 is 14.3 Å². The van der Waals surface area contributed by atoms with Crippen LogP contribution in [-0.4, -0.2) is 16.1 Å². The van der Waals surface area contributed by atoms with Crippen LogP contribution in [-0.2, 0) is 0 Å². The van der Waals surface area contributed by atoms with Gasteiger partial charge in [0.2, 0.25) is 0 Å². The van der Waals surface area contributed by atoms with Crippen LogP contribution in [0.2, 0.25) is 5.15 Å². The second kappa shape index (κ2) is 4.74. The van der Waals surface area contributed by atoms with Gasteiger partial charge in [-0.2, -0.15) is 0 Å². The molecule has 0 aliphatic heterocycles. The number of carboxylic acid groups (broad SMARTS) is 1. The number of benzene rings is 1. The molecule has 0 saturated carbocycles. The van der Waals surface area contributed by atoms with Gasteiger partial charge in [0.15, 0.2) is 0 Å². The fourth-order valence-corrected chi connectivity index (χ4v) is 1.79. The van der Waals surface area contributed by atoms with Gasteiger partial charge in [-0.25, -0.2) is 14.2 Å². The Morgan fingerprint density at radius 2 is 2.06 bits per heavy atom. The van der Waals surface area contributed by atoms with Crippen LogP contribution < -0.4 is 0 Å². The highest BCUT2D eigenvalue weighted by Crippen LogP contribution is 2.23. The summed E-state index contributed by atoms with van der Waals surface area (Å²) in [5.41, 5.74) is 1.63. The van der Waals surface area contributed by atoms with Crippen LogP contribution in [0.4, 0.5) is 4.39 Å². The molecule has 2 rings (SSSR count). The second-order valence-corrected chi connectivity index (χ2v) is 4.16. The fourth-order valence-electron chi connectivity index (χ4n) is 1.56. The lowest BCUT2D eigenvalue weighted by Gasteiger charge is -2.05. The maximum Gasteiger partial charge on any atom is 0.338 e. The van der Waals surface area contributed by atoms with Gasteiger partial charge in [-0.05, 0) is 42.8 Å². The summed E-state index contributed by atoms with van der Waals surface area (Å²) in [6, 6.07) is 7.47. The number of rotatable bonds is 2. The van der Waals surface area contributed by atoms with Crippen molar-refractivity contribution >= 4 is 17.6 Å². The van der Waals surface area contributed by atoms with Gasteiger partial charge >= 0.3 is 5.97 Å². The molecule has 0 unspecified atom stereocenters. The van der Waals surface area contributed by atoms with Crippen LogP contribution in [0, 0.1) is 12.7 Å². The van der Waals surface area contributed by atoms with Crippen LogP contribution >= 0.6 is 11.6 Å². The van der Waals surface area contributed by atoms with Crippen molar-refractivity contribution in [2.75, 3.05) is 0 Å². The number of halogens is 2. The van der Waals surface area contributed by atoms with E-state index in [0.29, 0.717) is 16.8 Å². The van der Waals surface area contributed by atoms with Crippen molar-refractivity contribution in [3.63, 3.8) is 0 Å². The number of carbonyl (C=O) groups is 1. The summed E-state index contributed by atoms with van der Waals surface area (Å²) in [6.07, 6.45) is 0. The van der Waals surface area contributed by atoms with Crippen molar-refractivity contribution in [1.29, 1.82) is 0 Å². The summed E-state index contributed by atoms with van der Waals surface area (Å²) in [6.45, 7) is 1.64. The summed E-state index contributed by atoms with van der Waals surface area (Å²) < 4.78 is 13.1. The Balaban J connectivity index is 2.48. The van der Waals surface area contributed by atoms with Crippen molar-refractivity contribution in [3.05, 3.63) is 52.4 Å². The topological polar surface area (TPSA) is 50.2 Å². The van der Waals surface area contributed by atoms with Crippen LogP contribution in [0.25, 0.3) is 11.3 Å². The molecule has 1 heterocycles. The minimum atomic E-state index is -1.13. The number of nitrogens with zero attached hydrogens (tertiary/aromatic N) is 1. The molecule has 1 N–H and O–H groups in total. The second-order valence-electron chi connectivity index (χ2n) is 3.80. The third-order valence-corrected chi connectivity index (χ3v) is 2.82. The summed E-state index contributed by atoms with van der Waals surface area (Å²) in [7, 11) is 0. The highest BCUT2D eigenvalue weighted by atomic mass is 35.5. The van der Waals surface area contributed by atoms with Crippen molar-refractivity contribution in [2.24, 2.45) is 0 Å². The number of carboxylic acids is 1. The summed E-state index contributed by atoms with van der Waals surface area (Å²) >= 11 is 5.78. The third-order valence-electron chi connectivity index (χ3n) is 2.53. The highest BCUT2D eigenvalue weighted by molar-refractivity contribution is 6.32. The average molecular weight is 266 g/mol. The Labute approximate surface area is 108 Å². The number of pyridine rings is 1. The molecule has 1 aromatic heterocycles. The highest BCUT2D eigenvalue weighted by Gasteiger charge is 2.11. The van der Waals surface area contributed by atoms with E-state index in [4.69, 9.17) is 16.7 Å². The molecule has 0 fully saturated rings. The van der Waals surface area contributed by atoms with E-state index in [9.17, 15) is 9.18 Å². The molecule has 0 amide bonds. The molecule has 1 aromatic carbocycles. The SMILES string of the molecule is Cc1cc(-c2ccc(C(=O)O)c(Cl)n2)ccc1F. The molecule has 0 saturated heterocycles. The van der Waals surface area contributed by atoms with Gasteiger partial charge < -0.3 is 5.11 Å². The molecule has 18 heavy (non-hydrogen) atoms. The zero-order valence-electron chi connectivity index (χ0n) is 9.45. The molecule has 0 aliphatic carbocycles. The van der Waals surface area contributed by atoms with Gasteiger partial charge in [-0.15, -0.1) is 0 Å². The summed E-state index contributed by atoms with van der Waals surface area (Å²) in [5.74, 6) is -1.43. The van der Waals surface area contributed by atoms with Gasteiger partial charge in [0.25, 0.3) is 0 Å². The lowest BCUT2D eigenvalue weighted by molar-refractivity contribution is 0.0696. The van der Waals surface area contributed by atoms with Gasteiger partial charge in [0.05, 0.1) is 11.3 Å². The first kappa shape index (κ1) is 12.5. The zero-order valence-corrected chi connectivity index (χ0v) is 10.2. The predicted octanol–water partition coefficient (Wildman–Crippen LogP) is 3.55. The van der Waals surface area contributed by atoms with E-state index in [-0.39, 0.29) is 16.5 Å². The van der Waals surface area contributed by atoms with Gasteiger partial charge in [0, 0.05) is 5.56 Å². The quantitative estimate of drug-likeness (QED) is 0.845. The van der Waals surface area contributed by atoms with Crippen molar-refractivity contribution in [2.45, 2.75) is 6.92 Å². The molecule has 92 valence electrons. The molecular formula is C13H9ClFNO2. The van der Waals surface area contributed by atoms with Crippen LogP contribution in [0.3, 0.4) is 0 Å². The lowest BCUT2D eigenvalue weighted by atomic mass is 10.1. The van der Waals surface area contributed by atoms with E-state index >= 15 is 0 Å². The number of hydrogen-bond acceptors (Lipinski definition) is 2. The van der Waals surface area contributed by atoms with Gasteiger partial charge in [0.1, 0.15) is 11.0 Å². The predicted molar refractivity (Wildman–Crippen MR) is 66.3 cm³/mol. The molecule has 2 aromatic rings. The van der Waals surface area contributed by atoms with E-state index < -0.39 is 5.97 Å². The molecule has 0 atom stereocenters. The number of aromatic carboxylic acids is 1. The van der Waals surface area contributed by atoms with E-state index in [1.807, 2.05) is 0 Å². The van der Waals surface area contributed by atoms with E-state index in [1.54, 1.807) is 25.1 Å². The van der Waals surface area contributed by atoms with Crippen LogP contribution in [0.15, 0.2) is 30.3 Å². The molecule has 5 heteroatoms. The Kier molecular flexibility index (Phi) is 3.30. The fraction of sp³-hybridized carbons (Fsp3) is 0.0769. The molecule has 0 aliphatic rings. The number of aryl methyl sites for hydroxylation is 1. The minimum Gasteiger partial charge on any atom is -0.478 e. The largest absolute Gasteiger partial charge is 0.478 e. The van der Waals surface area contributed by atoms with E-state index in [0.717, 1.165) is 0 Å². The molecule has 0 bridgehead atoms. The monoisotopic (exact) mass is 265 g/mol. The van der Waals surface area contributed by atoms with Crippen molar-refractivity contribution in [1.82, 2.24) is 4.98 Å². The molecule has 0 radical (unpaired) electrons. The Bertz CT molecular complexity index is 628. The Hall–Kier alpha value is -1.94. The minimum absolute atomic E-state index is 0.0562. The number of hydrogen-bond donors (Lipinski definition) is 1. The van der Waals surface area contributed by atoms with Crippen molar-refractivity contribution in [3.8, 4) is 11.3 Å². The maximum absolute atomic E-state index is 13.1. The first-order chi connectivity index (χ1) is 8.49. The molecule has 3 nitrogen and oxygen atoms in total. The first-order valence-corrected chi connectivity index (χ1v) is 5.53. The normalized spacial score (nSPS) is 10.4. The third kappa shape index (κ3) is 2.33. The van der Waals surface area contributed by atoms with Gasteiger partial charge in [-0.3, -0.25) is 0 Å². The smallest absolute Gasteiger partial charge is 0.338 e. The van der Waals surface area contributed by atoms with E-state index in [2.05, 4.69) is 4.98 Å². The van der Waals surface area contributed by atoms with Crippen LogP contribution in [0.5, 0.6) is 0 Å². The molecular weight excluding hydrogens is 257 g/mol. The zero-order chi connectivity index (χ0) is 13.3. The van der Waals surface area contributed by atoms with E-state index in [1.165, 1.54) is 12.1 Å². The summed E-state index contributed by atoms with van der Waals surface area (Å²) in [5, 5.41) is 8.75. The lowest BCUT2D eigenvalue weighted by Crippen LogP contribution is -1.99. The summed E-state index contributed by atoms with van der Waals surface area (Å²) in [4.78, 5) is 14.8. The Morgan fingerprint density at radius 1 is 1.33 bits per heavy atom. The first-order valence-electron chi connectivity index (χ1n) is 5.15. The standard InChI is InChI=1S/C13H9ClFNO2/c1-7-6-8(2-4-10(7)15)11-5-3-9(13(17)18)12(14)16-11/h2-6H,1H3,(H,17,18). The Morgan fingerprint density at radius 3 is 2.61 bits per heavy atom. The molecule has 0 spiro atoms. The average Bonchev–Trinajstić information content (AvgIpc) is 2.32.